The van der Waals surface area contributed by atoms with Crippen molar-refractivity contribution in [1.29, 1.82) is 0 Å². The average Bonchev–Trinajstić information content (AvgIpc) is 2.54. The molecule has 0 spiro atoms. The van der Waals surface area contributed by atoms with Gasteiger partial charge in [-0.05, 0) is 59.4 Å². The summed E-state index contributed by atoms with van der Waals surface area (Å²) in [6, 6.07) is 16.0. The molecule has 1 aliphatic carbocycles. The van der Waals surface area contributed by atoms with Gasteiger partial charge in [-0.15, -0.1) is 0 Å². The van der Waals surface area contributed by atoms with Crippen LogP contribution in [0.2, 0.25) is 0 Å². The molecule has 2 aromatic carbocycles. The Morgan fingerprint density at radius 1 is 1.10 bits per heavy atom. The summed E-state index contributed by atoms with van der Waals surface area (Å²) in [7, 11) is 0. The van der Waals surface area contributed by atoms with E-state index in [1.54, 1.807) is 0 Å². The quantitative estimate of drug-likeness (QED) is 0.716. The van der Waals surface area contributed by atoms with E-state index in [1.807, 2.05) is 6.08 Å². The zero-order valence-corrected chi connectivity index (χ0v) is 12.2. The van der Waals surface area contributed by atoms with Crippen molar-refractivity contribution < 1.29 is 0 Å². The highest BCUT2D eigenvalue weighted by molar-refractivity contribution is 5.51. The van der Waals surface area contributed by atoms with Gasteiger partial charge in [-0.1, -0.05) is 62.0 Å². The van der Waals surface area contributed by atoms with Gasteiger partial charge in [0.05, 0.1) is 0 Å². The zero-order chi connectivity index (χ0) is 13.9. The molecule has 1 aliphatic rings. The minimum Gasteiger partial charge on any atom is -0.0985 e. The second-order valence-corrected chi connectivity index (χ2v) is 5.77. The lowest BCUT2D eigenvalue weighted by atomic mass is 9.79. The summed E-state index contributed by atoms with van der Waals surface area (Å²) in [6.45, 7) is 6.07. The van der Waals surface area contributed by atoms with E-state index >= 15 is 0 Å². The summed E-state index contributed by atoms with van der Waals surface area (Å²) in [6.07, 6.45) is 6.70. The first-order chi connectivity index (χ1) is 9.80. The first-order valence-corrected chi connectivity index (χ1v) is 7.63. The molecule has 0 saturated heterocycles. The van der Waals surface area contributed by atoms with Gasteiger partial charge in [0.15, 0.2) is 0 Å². The van der Waals surface area contributed by atoms with Crippen molar-refractivity contribution in [1.82, 2.24) is 0 Å². The maximum atomic E-state index is 3.86. The summed E-state index contributed by atoms with van der Waals surface area (Å²) in [4.78, 5) is 0. The molecular formula is C20H22. The third kappa shape index (κ3) is 2.56. The van der Waals surface area contributed by atoms with Crippen molar-refractivity contribution in [2.75, 3.05) is 0 Å². The first-order valence-electron chi connectivity index (χ1n) is 7.63. The van der Waals surface area contributed by atoms with Gasteiger partial charge >= 0.3 is 0 Å². The fourth-order valence-corrected chi connectivity index (χ4v) is 3.21. The van der Waals surface area contributed by atoms with E-state index in [4.69, 9.17) is 0 Å². The Balaban J connectivity index is 1.82. The van der Waals surface area contributed by atoms with Crippen LogP contribution in [-0.4, -0.2) is 0 Å². The SMILES string of the molecule is C=Cc1ccc2c(c1)CCC(c1ccc(CC)cc1)C2. The number of benzene rings is 2. The van der Waals surface area contributed by atoms with Gasteiger partial charge in [0.1, 0.15) is 0 Å². The van der Waals surface area contributed by atoms with Crippen LogP contribution in [0.3, 0.4) is 0 Å². The Morgan fingerprint density at radius 2 is 1.90 bits per heavy atom. The molecule has 0 bridgehead atoms. The molecule has 0 radical (unpaired) electrons. The zero-order valence-electron chi connectivity index (χ0n) is 12.2. The predicted molar refractivity (Wildman–Crippen MR) is 87.1 cm³/mol. The van der Waals surface area contributed by atoms with E-state index < -0.39 is 0 Å². The lowest BCUT2D eigenvalue weighted by Crippen LogP contribution is -2.12. The van der Waals surface area contributed by atoms with Gasteiger partial charge in [-0.3, -0.25) is 0 Å². The largest absolute Gasteiger partial charge is 0.0985 e. The molecule has 1 atom stereocenters. The number of hydrogen-bond acceptors (Lipinski definition) is 0. The molecule has 0 heterocycles. The normalized spacial score (nSPS) is 17.6. The van der Waals surface area contributed by atoms with Gasteiger partial charge in [-0.2, -0.15) is 0 Å². The Bertz CT molecular complexity index is 604. The molecular weight excluding hydrogens is 240 g/mol. The van der Waals surface area contributed by atoms with Crippen LogP contribution >= 0.6 is 0 Å². The number of rotatable bonds is 3. The summed E-state index contributed by atoms with van der Waals surface area (Å²) in [5.41, 5.74) is 7.21. The number of hydrogen-bond donors (Lipinski definition) is 0. The van der Waals surface area contributed by atoms with Gasteiger partial charge in [0.25, 0.3) is 0 Å². The Hall–Kier alpha value is -1.82. The highest BCUT2D eigenvalue weighted by atomic mass is 14.2. The highest BCUT2D eigenvalue weighted by Crippen LogP contribution is 2.33. The van der Waals surface area contributed by atoms with Crippen LogP contribution in [0.4, 0.5) is 0 Å². The molecule has 0 aliphatic heterocycles. The summed E-state index contributed by atoms with van der Waals surface area (Å²) < 4.78 is 0. The lowest BCUT2D eigenvalue weighted by Gasteiger charge is -2.25. The van der Waals surface area contributed by atoms with Crippen molar-refractivity contribution in [2.45, 2.75) is 38.5 Å². The molecule has 2 aromatic rings. The summed E-state index contributed by atoms with van der Waals surface area (Å²) in [5, 5.41) is 0. The van der Waals surface area contributed by atoms with E-state index in [0.717, 1.165) is 6.42 Å². The van der Waals surface area contributed by atoms with E-state index in [2.05, 4.69) is 56.0 Å². The average molecular weight is 262 g/mol. The molecule has 0 amide bonds. The predicted octanol–water partition coefficient (Wildman–Crippen LogP) is 5.16. The van der Waals surface area contributed by atoms with Gasteiger partial charge in [0, 0.05) is 0 Å². The monoisotopic (exact) mass is 262 g/mol. The van der Waals surface area contributed by atoms with Crippen LogP contribution in [-0.2, 0) is 19.3 Å². The fraction of sp³-hybridized carbons (Fsp3) is 0.300. The van der Waals surface area contributed by atoms with E-state index in [-0.39, 0.29) is 0 Å². The van der Waals surface area contributed by atoms with Crippen molar-refractivity contribution in [3.05, 3.63) is 76.9 Å². The smallest absolute Gasteiger partial charge is 0.0118 e. The molecule has 0 heteroatoms. The van der Waals surface area contributed by atoms with Crippen molar-refractivity contribution >= 4 is 6.08 Å². The molecule has 0 saturated carbocycles. The molecule has 0 nitrogen and oxygen atoms in total. The van der Waals surface area contributed by atoms with Gasteiger partial charge in [0.2, 0.25) is 0 Å². The second kappa shape index (κ2) is 5.66. The van der Waals surface area contributed by atoms with Crippen molar-refractivity contribution in [2.24, 2.45) is 0 Å². The Kier molecular flexibility index (Phi) is 3.73. The summed E-state index contributed by atoms with van der Waals surface area (Å²) in [5.74, 6) is 0.683. The van der Waals surface area contributed by atoms with E-state index in [0.29, 0.717) is 5.92 Å². The number of fused-ring (bicyclic) bond motifs is 1. The molecule has 20 heavy (non-hydrogen) atoms. The molecule has 3 rings (SSSR count). The molecule has 0 aromatic heterocycles. The molecule has 0 N–H and O–H groups in total. The Morgan fingerprint density at radius 3 is 2.60 bits per heavy atom. The summed E-state index contributed by atoms with van der Waals surface area (Å²) >= 11 is 0. The third-order valence-corrected chi connectivity index (χ3v) is 4.55. The van der Waals surface area contributed by atoms with Crippen LogP contribution in [0.5, 0.6) is 0 Å². The van der Waals surface area contributed by atoms with Crippen LogP contribution in [0.25, 0.3) is 6.08 Å². The minimum absolute atomic E-state index is 0.683. The van der Waals surface area contributed by atoms with Gasteiger partial charge < -0.3 is 0 Å². The van der Waals surface area contributed by atoms with Crippen LogP contribution in [0.15, 0.2) is 49.0 Å². The van der Waals surface area contributed by atoms with Crippen molar-refractivity contribution in [3.8, 4) is 0 Å². The standard InChI is InChI=1S/C20H22/c1-3-15-5-8-17(9-6-15)19-12-11-18-13-16(4-2)7-10-20(18)14-19/h4-10,13,19H,2-3,11-12,14H2,1H3. The third-order valence-electron chi connectivity index (χ3n) is 4.55. The maximum Gasteiger partial charge on any atom is -0.0118 e. The fourth-order valence-electron chi connectivity index (χ4n) is 3.21. The maximum absolute atomic E-state index is 3.86. The van der Waals surface area contributed by atoms with Crippen LogP contribution < -0.4 is 0 Å². The minimum atomic E-state index is 0.683. The number of aryl methyl sites for hydroxylation is 2. The second-order valence-electron chi connectivity index (χ2n) is 5.77. The first kappa shape index (κ1) is 13.2. The van der Waals surface area contributed by atoms with Crippen LogP contribution in [0.1, 0.15) is 47.1 Å². The van der Waals surface area contributed by atoms with Crippen molar-refractivity contribution in [3.63, 3.8) is 0 Å². The Labute approximate surface area is 122 Å². The van der Waals surface area contributed by atoms with Gasteiger partial charge in [-0.25, -0.2) is 0 Å². The lowest BCUT2D eigenvalue weighted by molar-refractivity contribution is 0.584. The van der Waals surface area contributed by atoms with E-state index in [1.165, 1.54) is 47.1 Å². The van der Waals surface area contributed by atoms with Crippen LogP contribution in [0, 0.1) is 0 Å². The topological polar surface area (TPSA) is 0 Å². The van der Waals surface area contributed by atoms with E-state index in [9.17, 15) is 0 Å². The molecule has 102 valence electrons. The highest BCUT2D eigenvalue weighted by Gasteiger charge is 2.20. The molecule has 0 fully saturated rings. The molecule has 1 unspecified atom stereocenters.